The molecule has 0 bridgehead atoms. The lowest BCUT2D eigenvalue weighted by molar-refractivity contribution is 0.0946. The molecule has 2 aromatic rings. The fourth-order valence-corrected chi connectivity index (χ4v) is 3.08. The van der Waals surface area contributed by atoms with Gasteiger partial charge in [-0.05, 0) is 30.5 Å². The van der Waals surface area contributed by atoms with Gasteiger partial charge < -0.3 is 15.5 Å². The molecule has 5 heteroatoms. The molecule has 5 nitrogen and oxygen atoms in total. The van der Waals surface area contributed by atoms with Crippen molar-refractivity contribution in [1.82, 2.24) is 15.6 Å². The molecule has 1 saturated heterocycles. The van der Waals surface area contributed by atoms with E-state index in [1.807, 2.05) is 18.2 Å². The zero-order valence-corrected chi connectivity index (χ0v) is 13.6. The summed E-state index contributed by atoms with van der Waals surface area (Å²) in [5.41, 5.74) is 1.79. The van der Waals surface area contributed by atoms with E-state index in [0.29, 0.717) is 11.7 Å². The van der Waals surface area contributed by atoms with Crippen LogP contribution in [0.25, 0.3) is 0 Å². The summed E-state index contributed by atoms with van der Waals surface area (Å²) in [7, 11) is 0. The number of rotatable bonds is 4. The summed E-state index contributed by atoms with van der Waals surface area (Å²) in [6.07, 6.45) is 2.17. The van der Waals surface area contributed by atoms with Crippen LogP contribution in [0.5, 0.6) is 0 Å². The maximum Gasteiger partial charge on any atom is 0.270 e. The Bertz CT molecular complexity index is 714. The summed E-state index contributed by atoms with van der Waals surface area (Å²) in [5, 5.41) is 6.56. The van der Waals surface area contributed by atoms with Crippen LogP contribution in [0.2, 0.25) is 0 Å². The summed E-state index contributed by atoms with van der Waals surface area (Å²) in [4.78, 5) is 19.1. The van der Waals surface area contributed by atoms with Gasteiger partial charge in [0.25, 0.3) is 5.91 Å². The van der Waals surface area contributed by atoms with Crippen LogP contribution in [0.1, 0.15) is 34.9 Å². The molecule has 4 rings (SSSR count). The van der Waals surface area contributed by atoms with E-state index in [-0.39, 0.29) is 11.9 Å². The lowest BCUT2D eigenvalue weighted by Gasteiger charge is -2.34. The van der Waals surface area contributed by atoms with E-state index in [1.165, 1.54) is 5.56 Å². The van der Waals surface area contributed by atoms with Gasteiger partial charge >= 0.3 is 0 Å². The van der Waals surface area contributed by atoms with Crippen molar-refractivity contribution < 1.29 is 4.79 Å². The van der Waals surface area contributed by atoms with E-state index >= 15 is 0 Å². The minimum Gasteiger partial charge on any atom is -0.353 e. The molecular weight excluding hydrogens is 300 g/mol. The lowest BCUT2D eigenvalue weighted by atomic mass is 10.0. The van der Waals surface area contributed by atoms with Crippen molar-refractivity contribution in [2.45, 2.75) is 24.9 Å². The normalized spacial score (nSPS) is 20.7. The zero-order valence-electron chi connectivity index (χ0n) is 13.6. The number of piperazine rings is 1. The molecule has 2 fully saturated rings. The topological polar surface area (TPSA) is 57.3 Å². The quantitative estimate of drug-likeness (QED) is 0.905. The number of nitrogens with zero attached hydrogens (tertiary/aromatic N) is 2. The molecule has 1 aliphatic heterocycles. The first-order valence-corrected chi connectivity index (χ1v) is 8.61. The van der Waals surface area contributed by atoms with E-state index in [0.717, 1.165) is 38.3 Å². The summed E-state index contributed by atoms with van der Waals surface area (Å²) >= 11 is 0. The monoisotopic (exact) mass is 322 g/mol. The standard InChI is InChI=1S/C19H22N4O/c24-19(21-15-9-10-15)16-7-4-8-18(22-16)23-12-11-20-17(13-23)14-5-2-1-3-6-14/h1-8,15,17,20H,9-13H2,(H,21,24)/t17-/m0/s1. The Morgan fingerprint density at radius 3 is 2.75 bits per heavy atom. The van der Waals surface area contributed by atoms with Gasteiger partial charge in [0.15, 0.2) is 0 Å². The van der Waals surface area contributed by atoms with Gasteiger partial charge in [-0.15, -0.1) is 0 Å². The fraction of sp³-hybridized carbons (Fsp3) is 0.368. The highest BCUT2D eigenvalue weighted by Gasteiger charge is 2.25. The molecular formula is C19H22N4O. The Morgan fingerprint density at radius 2 is 1.96 bits per heavy atom. The molecule has 0 radical (unpaired) electrons. The number of pyridine rings is 1. The molecule has 2 aliphatic rings. The Labute approximate surface area is 142 Å². The first-order valence-electron chi connectivity index (χ1n) is 8.61. The van der Waals surface area contributed by atoms with Gasteiger partial charge in [0, 0.05) is 31.7 Å². The van der Waals surface area contributed by atoms with Crippen LogP contribution in [-0.2, 0) is 0 Å². The second-order valence-corrected chi connectivity index (χ2v) is 6.49. The maximum absolute atomic E-state index is 12.2. The molecule has 0 spiro atoms. The number of anilines is 1. The zero-order chi connectivity index (χ0) is 16.4. The largest absolute Gasteiger partial charge is 0.353 e. The highest BCUT2D eigenvalue weighted by atomic mass is 16.2. The smallest absolute Gasteiger partial charge is 0.270 e. The second-order valence-electron chi connectivity index (χ2n) is 6.49. The lowest BCUT2D eigenvalue weighted by Crippen LogP contribution is -2.46. The van der Waals surface area contributed by atoms with Crippen LogP contribution in [0.15, 0.2) is 48.5 Å². The molecule has 1 atom stereocenters. The average Bonchev–Trinajstić information content (AvgIpc) is 3.47. The summed E-state index contributed by atoms with van der Waals surface area (Å²) in [6.45, 7) is 2.65. The highest BCUT2D eigenvalue weighted by molar-refractivity contribution is 5.93. The molecule has 1 amide bonds. The van der Waals surface area contributed by atoms with Gasteiger partial charge in [-0.3, -0.25) is 4.79 Å². The molecule has 1 aromatic carbocycles. The second kappa shape index (κ2) is 6.61. The van der Waals surface area contributed by atoms with Crippen molar-refractivity contribution in [2.24, 2.45) is 0 Å². The third-order valence-corrected chi connectivity index (χ3v) is 4.58. The molecule has 1 aliphatic carbocycles. The number of carbonyl (C=O) groups excluding carboxylic acids is 1. The highest BCUT2D eigenvalue weighted by Crippen LogP contribution is 2.22. The summed E-state index contributed by atoms with van der Waals surface area (Å²) in [5.74, 6) is 0.815. The Kier molecular flexibility index (Phi) is 4.17. The minimum atomic E-state index is -0.0610. The van der Waals surface area contributed by atoms with Crippen molar-refractivity contribution in [3.05, 3.63) is 59.8 Å². The molecule has 2 N–H and O–H groups in total. The molecule has 0 unspecified atom stereocenters. The van der Waals surface area contributed by atoms with Crippen LogP contribution in [0.4, 0.5) is 5.82 Å². The number of aromatic nitrogens is 1. The SMILES string of the molecule is O=C(NC1CC1)c1cccc(N2CCN[C@H](c3ccccc3)C2)n1. The molecule has 2 heterocycles. The van der Waals surface area contributed by atoms with Crippen molar-refractivity contribution in [1.29, 1.82) is 0 Å². The molecule has 124 valence electrons. The molecule has 1 aromatic heterocycles. The number of hydrogen-bond donors (Lipinski definition) is 2. The first-order chi connectivity index (χ1) is 11.8. The maximum atomic E-state index is 12.2. The predicted molar refractivity (Wildman–Crippen MR) is 94.1 cm³/mol. The number of hydrogen-bond acceptors (Lipinski definition) is 4. The molecule has 1 saturated carbocycles. The minimum absolute atomic E-state index is 0.0610. The fourth-order valence-electron chi connectivity index (χ4n) is 3.08. The Morgan fingerprint density at radius 1 is 1.12 bits per heavy atom. The summed E-state index contributed by atoms with van der Waals surface area (Å²) < 4.78 is 0. The van der Waals surface area contributed by atoms with E-state index in [9.17, 15) is 4.79 Å². The van der Waals surface area contributed by atoms with Crippen molar-refractivity contribution in [3.8, 4) is 0 Å². The van der Waals surface area contributed by atoms with Crippen LogP contribution in [-0.4, -0.2) is 36.6 Å². The van der Waals surface area contributed by atoms with Gasteiger partial charge in [-0.1, -0.05) is 36.4 Å². The van der Waals surface area contributed by atoms with E-state index in [4.69, 9.17) is 0 Å². The van der Waals surface area contributed by atoms with Crippen LogP contribution >= 0.6 is 0 Å². The van der Waals surface area contributed by atoms with Crippen molar-refractivity contribution in [3.63, 3.8) is 0 Å². The summed E-state index contributed by atoms with van der Waals surface area (Å²) in [6, 6.07) is 16.8. The van der Waals surface area contributed by atoms with E-state index in [1.54, 1.807) is 6.07 Å². The van der Waals surface area contributed by atoms with E-state index < -0.39 is 0 Å². The number of amides is 1. The third-order valence-electron chi connectivity index (χ3n) is 4.58. The average molecular weight is 322 g/mol. The van der Waals surface area contributed by atoms with Gasteiger partial charge in [-0.2, -0.15) is 0 Å². The van der Waals surface area contributed by atoms with Crippen LogP contribution in [0, 0.1) is 0 Å². The Balaban J connectivity index is 1.49. The van der Waals surface area contributed by atoms with Crippen LogP contribution < -0.4 is 15.5 Å². The van der Waals surface area contributed by atoms with E-state index in [2.05, 4.69) is 44.8 Å². The number of nitrogens with one attached hydrogen (secondary N) is 2. The Hall–Kier alpha value is -2.40. The van der Waals surface area contributed by atoms with Crippen LogP contribution in [0.3, 0.4) is 0 Å². The number of benzene rings is 1. The predicted octanol–water partition coefficient (Wildman–Crippen LogP) is 2.12. The van der Waals surface area contributed by atoms with Crippen molar-refractivity contribution >= 4 is 11.7 Å². The number of carbonyl (C=O) groups is 1. The van der Waals surface area contributed by atoms with Crippen molar-refractivity contribution in [2.75, 3.05) is 24.5 Å². The molecule has 24 heavy (non-hydrogen) atoms. The van der Waals surface area contributed by atoms with Gasteiger partial charge in [0.2, 0.25) is 0 Å². The van der Waals surface area contributed by atoms with Gasteiger partial charge in [0.1, 0.15) is 11.5 Å². The first kappa shape index (κ1) is 15.1. The van der Waals surface area contributed by atoms with Gasteiger partial charge in [0.05, 0.1) is 0 Å². The third kappa shape index (κ3) is 3.41. The van der Waals surface area contributed by atoms with Gasteiger partial charge in [-0.25, -0.2) is 4.98 Å².